The fraction of sp³-hybridized carbons (Fsp3) is 0.278. The van der Waals surface area contributed by atoms with Crippen LogP contribution in [0.15, 0.2) is 30.3 Å². The van der Waals surface area contributed by atoms with Gasteiger partial charge in [0.15, 0.2) is 5.78 Å². The molecule has 0 fully saturated rings. The van der Waals surface area contributed by atoms with Gasteiger partial charge in [0.25, 0.3) is 0 Å². The minimum atomic E-state index is -0.559. The van der Waals surface area contributed by atoms with Crippen molar-refractivity contribution in [3.05, 3.63) is 62.2 Å². The number of hydrogen-bond donors (Lipinski definition) is 0. The third kappa shape index (κ3) is 3.74. The van der Waals surface area contributed by atoms with Crippen LogP contribution in [0.25, 0.3) is 0 Å². The van der Waals surface area contributed by atoms with Crippen molar-refractivity contribution >= 4 is 23.1 Å². The van der Waals surface area contributed by atoms with Crippen LogP contribution < -0.4 is 4.74 Å². The molecule has 2 rings (SSSR count). The second kappa shape index (κ2) is 7.01. The Morgan fingerprint density at radius 1 is 1.21 bits per heavy atom. The van der Waals surface area contributed by atoms with Crippen LogP contribution in [0.3, 0.4) is 0 Å². The van der Waals surface area contributed by atoms with E-state index in [1.54, 1.807) is 12.1 Å². The van der Waals surface area contributed by atoms with E-state index in [1.165, 1.54) is 25.1 Å². The molecule has 0 aliphatic heterocycles. The average molecular weight is 348 g/mol. The highest BCUT2D eigenvalue weighted by molar-refractivity contribution is 6.31. The zero-order valence-corrected chi connectivity index (χ0v) is 14.7. The molecule has 0 bridgehead atoms. The molecule has 0 aliphatic rings. The number of carbonyl (C=O) groups excluding carboxylic acids is 1. The Morgan fingerprint density at radius 2 is 1.88 bits per heavy atom. The van der Waals surface area contributed by atoms with E-state index >= 15 is 0 Å². The highest BCUT2D eigenvalue weighted by Gasteiger charge is 2.19. The first kappa shape index (κ1) is 17.9. The first-order chi connectivity index (χ1) is 11.2. The summed E-state index contributed by atoms with van der Waals surface area (Å²) in [5.74, 6) is 0.539. The number of nitrogens with zero attached hydrogens (tertiary/aromatic N) is 1. The average Bonchev–Trinajstić information content (AvgIpc) is 2.49. The minimum absolute atomic E-state index is 0.0881. The molecule has 0 aromatic heterocycles. The first-order valence-electron chi connectivity index (χ1n) is 7.48. The third-order valence-electron chi connectivity index (χ3n) is 3.70. The van der Waals surface area contributed by atoms with E-state index in [2.05, 4.69) is 0 Å². The molecule has 126 valence electrons. The van der Waals surface area contributed by atoms with E-state index in [4.69, 9.17) is 16.3 Å². The van der Waals surface area contributed by atoms with E-state index < -0.39 is 4.92 Å². The summed E-state index contributed by atoms with van der Waals surface area (Å²) in [5, 5.41) is 11.9. The molecule has 0 N–H and O–H groups in total. The summed E-state index contributed by atoms with van der Waals surface area (Å²) in [4.78, 5) is 22.2. The van der Waals surface area contributed by atoms with Crippen LogP contribution in [0.4, 0.5) is 5.69 Å². The van der Waals surface area contributed by atoms with E-state index in [-0.39, 0.29) is 28.7 Å². The van der Waals surface area contributed by atoms with Crippen molar-refractivity contribution in [1.29, 1.82) is 0 Å². The molecule has 0 aliphatic carbocycles. The zero-order valence-electron chi connectivity index (χ0n) is 13.9. The van der Waals surface area contributed by atoms with Gasteiger partial charge < -0.3 is 4.74 Å². The van der Waals surface area contributed by atoms with Gasteiger partial charge in [-0.1, -0.05) is 25.4 Å². The summed E-state index contributed by atoms with van der Waals surface area (Å²) in [5.41, 5.74) is 1.70. The molecule has 0 heterocycles. The van der Waals surface area contributed by atoms with Gasteiger partial charge in [-0.3, -0.25) is 14.9 Å². The number of carbonyl (C=O) groups is 1. The molecule has 2 aromatic carbocycles. The monoisotopic (exact) mass is 347 g/mol. The maximum Gasteiger partial charge on any atom is 0.312 e. The second-order valence-corrected chi connectivity index (χ2v) is 6.30. The second-order valence-electron chi connectivity index (χ2n) is 5.89. The van der Waals surface area contributed by atoms with Crippen LogP contribution in [0, 0.1) is 17.0 Å². The van der Waals surface area contributed by atoms with Crippen molar-refractivity contribution in [2.24, 2.45) is 0 Å². The van der Waals surface area contributed by atoms with Gasteiger partial charge in [-0.15, -0.1) is 0 Å². The topological polar surface area (TPSA) is 69.4 Å². The molecule has 0 unspecified atom stereocenters. The lowest BCUT2D eigenvalue weighted by molar-refractivity contribution is -0.385. The van der Waals surface area contributed by atoms with Crippen molar-refractivity contribution < 1.29 is 14.5 Å². The lowest BCUT2D eigenvalue weighted by Gasteiger charge is -2.14. The molecule has 2 aromatic rings. The zero-order chi connectivity index (χ0) is 18.0. The molecule has 6 heteroatoms. The van der Waals surface area contributed by atoms with Gasteiger partial charge in [0.1, 0.15) is 5.75 Å². The fourth-order valence-corrected chi connectivity index (χ4v) is 2.74. The van der Waals surface area contributed by atoms with Crippen LogP contribution in [0.1, 0.15) is 48.2 Å². The molecular formula is C18H18ClNO4. The number of aryl methyl sites for hydroxylation is 1. The van der Waals surface area contributed by atoms with Crippen LogP contribution in [0.5, 0.6) is 11.5 Å². The van der Waals surface area contributed by atoms with E-state index in [1.807, 2.05) is 20.8 Å². The number of halogens is 1. The smallest absolute Gasteiger partial charge is 0.312 e. The number of rotatable bonds is 5. The summed E-state index contributed by atoms with van der Waals surface area (Å²) in [6.07, 6.45) is 0. The van der Waals surface area contributed by atoms with Gasteiger partial charge in [0.2, 0.25) is 5.75 Å². The van der Waals surface area contributed by atoms with Gasteiger partial charge >= 0.3 is 5.69 Å². The number of ketones is 1. The third-order valence-corrected chi connectivity index (χ3v) is 4.03. The SMILES string of the molecule is CC(=O)c1ccc(Oc2cc(C(C)C)c(Cl)cc2C)c([N+](=O)[O-])c1. The summed E-state index contributed by atoms with van der Waals surface area (Å²) < 4.78 is 5.77. The summed E-state index contributed by atoms with van der Waals surface area (Å²) in [6, 6.07) is 7.76. The first-order valence-corrected chi connectivity index (χ1v) is 7.85. The Kier molecular flexibility index (Phi) is 5.24. The molecule has 0 saturated heterocycles. The molecule has 0 saturated carbocycles. The Bertz CT molecular complexity index is 815. The van der Waals surface area contributed by atoms with Crippen molar-refractivity contribution in [3.8, 4) is 11.5 Å². The van der Waals surface area contributed by atoms with Crippen molar-refractivity contribution in [3.63, 3.8) is 0 Å². The molecule has 0 atom stereocenters. The maximum atomic E-state index is 11.4. The molecule has 0 spiro atoms. The van der Waals surface area contributed by atoms with Gasteiger partial charge in [-0.2, -0.15) is 0 Å². The molecule has 24 heavy (non-hydrogen) atoms. The number of nitro groups is 1. The lowest BCUT2D eigenvalue weighted by atomic mass is 10.0. The van der Waals surface area contributed by atoms with Crippen LogP contribution >= 0.6 is 11.6 Å². The summed E-state index contributed by atoms with van der Waals surface area (Å²) in [6.45, 7) is 7.19. The van der Waals surface area contributed by atoms with Crippen molar-refractivity contribution in [2.75, 3.05) is 0 Å². The number of Topliss-reactive ketones (excluding diaryl/α,β-unsaturated/α-hetero) is 1. The number of benzene rings is 2. The Balaban J connectivity index is 2.50. The fourth-order valence-electron chi connectivity index (χ4n) is 2.30. The predicted molar refractivity (Wildman–Crippen MR) is 93.5 cm³/mol. The highest BCUT2D eigenvalue weighted by Crippen LogP contribution is 2.37. The van der Waals surface area contributed by atoms with E-state index in [9.17, 15) is 14.9 Å². The van der Waals surface area contributed by atoms with Gasteiger partial charge in [-0.25, -0.2) is 0 Å². The highest BCUT2D eigenvalue weighted by atomic mass is 35.5. The Hall–Kier alpha value is -2.40. The predicted octanol–water partition coefficient (Wildman–Crippen LogP) is 5.67. The van der Waals surface area contributed by atoms with Gasteiger partial charge in [0, 0.05) is 16.7 Å². The van der Waals surface area contributed by atoms with Crippen molar-refractivity contribution in [2.45, 2.75) is 33.6 Å². The minimum Gasteiger partial charge on any atom is -0.450 e. The maximum absolute atomic E-state index is 11.4. The van der Waals surface area contributed by atoms with Gasteiger partial charge in [-0.05, 0) is 55.2 Å². The standard InChI is InChI=1S/C18H18ClNO4/c1-10(2)14-9-18(11(3)7-15(14)19)24-17-6-5-13(12(4)21)8-16(17)20(22)23/h5-10H,1-4H3. The van der Waals surface area contributed by atoms with Gasteiger partial charge in [0.05, 0.1) is 4.92 Å². The molecule has 0 amide bonds. The Morgan fingerprint density at radius 3 is 2.42 bits per heavy atom. The normalized spacial score (nSPS) is 10.8. The van der Waals surface area contributed by atoms with E-state index in [0.29, 0.717) is 10.8 Å². The summed E-state index contributed by atoms with van der Waals surface area (Å²) in [7, 11) is 0. The molecular weight excluding hydrogens is 330 g/mol. The van der Waals surface area contributed by atoms with Crippen LogP contribution in [-0.4, -0.2) is 10.7 Å². The Labute approximate surface area is 145 Å². The van der Waals surface area contributed by atoms with Crippen molar-refractivity contribution in [1.82, 2.24) is 0 Å². The number of ether oxygens (including phenoxy) is 1. The number of nitro benzene ring substituents is 1. The largest absolute Gasteiger partial charge is 0.450 e. The lowest BCUT2D eigenvalue weighted by Crippen LogP contribution is -1.99. The van der Waals surface area contributed by atoms with E-state index in [0.717, 1.165) is 11.1 Å². The van der Waals surface area contributed by atoms with Crippen LogP contribution in [0.2, 0.25) is 5.02 Å². The summed E-state index contributed by atoms with van der Waals surface area (Å²) >= 11 is 6.24. The molecule has 0 radical (unpaired) electrons. The number of hydrogen-bond acceptors (Lipinski definition) is 4. The molecule has 5 nitrogen and oxygen atoms in total. The van der Waals surface area contributed by atoms with Crippen LogP contribution in [-0.2, 0) is 0 Å². The quantitative estimate of drug-likeness (QED) is 0.396.